The van der Waals surface area contributed by atoms with Crippen LogP contribution in [-0.4, -0.2) is 29.4 Å². The molecule has 3 nitrogen and oxygen atoms in total. The average Bonchev–Trinajstić information content (AvgIpc) is 2.36. The Morgan fingerprint density at radius 3 is 2.42 bits per heavy atom. The van der Waals surface area contributed by atoms with Crippen molar-refractivity contribution in [1.29, 1.82) is 0 Å². The Morgan fingerprint density at radius 2 is 1.89 bits per heavy atom. The van der Waals surface area contributed by atoms with Crippen molar-refractivity contribution < 1.29 is 4.79 Å². The lowest BCUT2D eigenvalue weighted by Crippen LogP contribution is -2.70. The molecule has 3 heteroatoms. The predicted octanol–water partition coefficient (Wildman–Crippen LogP) is 2.30. The average molecular weight is 260 g/mol. The lowest BCUT2D eigenvalue weighted by Gasteiger charge is -2.50. The molecule has 1 fully saturated rings. The highest BCUT2D eigenvalue weighted by atomic mass is 16.2. The molecule has 104 valence electrons. The molecule has 2 rings (SSSR count). The molecule has 1 heterocycles. The maximum absolute atomic E-state index is 12.6. The Kier molecular flexibility index (Phi) is 3.68. The van der Waals surface area contributed by atoms with Gasteiger partial charge in [-0.1, -0.05) is 43.7 Å². The first-order valence-electron chi connectivity index (χ1n) is 7.03. The number of carbonyl (C=O) groups excluding carboxylic acids is 1. The quantitative estimate of drug-likeness (QED) is 0.903. The molecular weight excluding hydrogens is 236 g/mol. The van der Waals surface area contributed by atoms with Gasteiger partial charge < -0.3 is 10.6 Å². The molecule has 1 saturated heterocycles. The smallest absolute Gasteiger partial charge is 0.232 e. The first kappa shape index (κ1) is 14.1. The van der Waals surface area contributed by atoms with Crippen LogP contribution in [-0.2, 0) is 10.2 Å². The van der Waals surface area contributed by atoms with Gasteiger partial charge in [-0.3, -0.25) is 4.79 Å². The van der Waals surface area contributed by atoms with E-state index in [0.29, 0.717) is 13.1 Å². The van der Waals surface area contributed by atoms with Crippen molar-refractivity contribution in [2.45, 2.75) is 44.6 Å². The Labute approximate surface area is 115 Å². The molecule has 0 radical (unpaired) electrons. The van der Waals surface area contributed by atoms with Crippen molar-refractivity contribution in [3.8, 4) is 0 Å². The number of carbonyl (C=O) groups is 1. The minimum Gasteiger partial charge on any atom is -0.338 e. The van der Waals surface area contributed by atoms with Crippen LogP contribution >= 0.6 is 0 Å². The van der Waals surface area contributed by atoms with Crippen LogP contribution in [0.15, 0.2) is 30.3 Å². The fourth-order valence-electron chi connectivity index (χ4n) is 2.89. The molecule has 0 aliphatic carbocycles. The van der Waals surface area contributed by atoms with Gasteiger partial charge in [-0.05, 0) is 25.8 Å². The van der Waals surface area contributed by atoms with Gasteiger partial charge in [0.25, 0.3) is 0 Å². The second-order valence-corrected chi connectivity index (χ2v) is 6.26. The highest BCUT2D eigenvalue weighted by Crippen LogP contribution is 2.31. The largest absolute Gasteiger partial charge is 0.338 e. The standard InChI is InChI=1S/C16H24N2O/c1-4-10-16(17)11-18(12-16)14(19)15(2,3)13-8-6-5-7-9-13/h5-9H,4,10-12,17H2,1-3H3. The summed E-state index contributed by atoms with van der Waals surface area (Å²) in [6, 6.07) is 9.95. The molecule has 0 bridgehead atoms. The van der Waals surface area contributed by atoms with Crippen LogP contribution in [0.5, 0.6) is 0 Å². The molecule has 1 aliphatic heterocycles. The van der Waals surface area contributed by atoms with Gasteiger partial charge in [0.2, 0.25) is 5.91 Å². The summed E-state index contributed by atoms with van der Waals surface area (Å²) < 4.78 is 0. The maximum Gasteiger partial charge on any atom is 0.232 e. The summed E-state index contributed by atoms with van der Waals surface area (Å²) in [5, 5.41) is 0. The van der Waals surface area contributed by atoms with Crippen molar-refractivity contribution in [2.75, 3.05) is 13.1 Å². The van der Waals surface area contributed by atoms with Crippen molar-refractivity contribution in [2.24, 2.45) is 5.73 Å². The second kappa shape index (κ2) is 4.97. The van der Waals surface area contributed by atoms with Crippen LogP contribution in [0.25, 0.3) is 0 Å². The Bertz CT molecular complexity index is 447. The van der Waals surface area contributed by atoms with E-state index in [1.807, 2.05) is 49.1 Å². The van der Waals surface area contributed by atoms with Crippen molar-refractivity contribution >= 4 is 5.91 Å². The number of rotatable bonds is 4. The molecule has 0 saturated carbocycles. The molecule has 1 amide bonds. The topological polar surface area (TPSA) is 46.3 Å². The number of likely N-dealkylation sites (tertiary alicyclic amines) is 1. The summed E-state index contributed by atoms with van der Waals surface area (Å²) in [5.74, 6) is 0.177. The zero-order valence-corrected chi connectivity index (χ0v) is 12.1. The van der Waals surface area contributed by atoms with Gasteiger partial charge >= 0.3 is 0 Å². The van der Waals surface area contributed by atoms with Gasteiger partial charge in [0.1, 0.15) is 0 Å². The van der Waals surface area contributed by atoms with E-state index >= 15 is 0 Å². The van der Waals surface area contributed by atoms with Crippen molar-refractivity contribution in [3.05, 3.63) is 35.9 Å². The molecule has 1 aliphatic rings. The number of nitrogens with two attached hydrogens (primary N) is 1. The first-order chi connectivity index (χ1) is 8.89. The van der Waals surface area contributed by atoms with Crippen LogP contribution in [0, 0.1) is 0 Å². The van der Waals surface area contributed by atoms with Crippen molar-refractivity contribution in [3.63, 3.8) is 0 Å². The van der Waals surface area contributed by atoms with Crippen LogP contribution in [0.4, 0.5) is 0 Å². The van der Waals surface area contributed by atoms with E-state index in [0.717, 1.165) is 18.4 Å². The highest BCUT2D eigenvalue weighted by Gasteiger charge is 2.45. The third kappa shape index (κ3) is 2.66. The number of benzene rings is 1. The minimum absolute atomic E-state index is 0.156. The summed E-state index contributed by atoms with van der Waals surface area (Å²) in [4.78, 5) is 14.5. The van der Waals surface area contributed by atoms with Gasteiger partial charge in [0.05, 0.1) is 11.0 Å². The Balaban J connectivity index is 2.06. The number of hydrogen-bond acceptors (Lipinski definition) is 2. The zero-order valence-electron chi connectivity index (χ0n) is 12.1. The van der Waals surface area contributed by atoms with Crippen LogP contribution < -0.4 is 5.73 Å². The van der Waals surface area contributed by atoms with E-state index in [4.69, 9.17) is 5.73 Å². The highest BCUT2D eigenvalue weighted by molar-refractivity contribution is 5.88. The summed E-state index contributed by atoms with van der Waals surface area (Å²) in [7, 11) is 0. The van der Waals surface area contributed by atoms with E-state index in [1.165, 1.54) is 0 Å². The van der Waals surface area contributed by atoms with Gasteiger partial charge in [0, 0.05) is 13.1 Å². The van der Waals surface area contributed by atoms with Crippen LogP contribution in [0.1, 0.15) is 39.2 Å². The predicted molar refractivity (Wildman–Crippen MR) is 77.9 cm³/mol. The van der Waals surface area contributed by atoms with E-state index < -0.39 is 5.41 Å². The molecule has 0 unspecified atom stereocenters. The molecule has 1 aromatic rings. The lowest BCUT2D eigenvalue weighted by molar-refractivity contribution is -0.144. The summed E-state index contributed by atoms with van der Waals surface area (Å²) in [6.45, 7) is 7.49. The Morgan fingerprint density at radius 1 is 1.32 bits per heavy atom. The van der Waals surface area contributed by atoms with Gasteiger partial charge in [-0.2, -0.15) is 0 Å². The Hall–Kier alpha value is -1.35. The SMILES string of the molecule is CCCC1(N)CN(C(=O)C(C)(C)c2ccccc2)C1. The molecule has 0 atom stereocenters. The summed E-state index contributed by atoms with van der Waals surface area (Å²) in [6.07, 6.45) is 2.06. The van der Waals surface area contributed by atoms with E-state index in [-0.39, 0.29) is 11.4 Å². The third-order valence-corrected chi connectivity index (χ3v) is 4.08. The number of amides is 1. The van der Waals surface area contributed by atoms with E-state index in [2.05, 4.69) is 6.92 Å². The fourth-order valence-corrected chi connectivity index (χ4v) is 2.89. The minimum atomic E-state index is -0.477. The maximum atomic E-state index is 12.6. The van der Waals surface area contributed by atoms with Crippen molar-refractivity contribution in [1.82, 2.24) is 4.90 Å². The molecule has 1 aromatic carbocycles. The molecule has 0 aromatic heterocycles. The summed E-state index contributed by atoms with van der Waals surface area (Å²) >= 11 is 0. The second-order valence-electron chi connectivity index (χ2n) is 6.26. The van der Waals surface area contributed by atoms with E-state index in [9.17, 15) is 4.79 Å². The van der Waals surface area contributed by atoms with Crippen LogP contribution in [0.2, 0.25) is 0 Å². The summed E-state index contributed by atoms with van der Waals surface area (Å²) in [5.41, 5.74) is 6.66. The monoisotopic (exact) mass is 260 g/mol. The molecule has 0 spiro atoms. The van der Waals surface area contributed by atoms with Gasteiger partial charge in [-0.15, -0.1) is 0 Å². The third-order valence-electron chi connectivity index (χ3n) is 4.08. The van der Waals surface area contributed by atoms with Gasteiger partial charge in [-0.25, -0.2) is 0 Å². The lowest BCUT2D eigenvalue weighted by atomic mass is 9.79. The zero-order chi connectivity index (χ0) is 14.1. The molecule has 19 heavy (non-hydrogen) atoms. The first-order valence-corrected chi connectivity index (χ1v) is 7.03. The number of nitrogens with zero attached hydrogens (tertiary/aromatic N) is 1. The number of hydrogen-bond donors (Lipinski definition) is 1. The normalized spacial score (nSPS) is 18.0. The van der Waals surface area contributed by atoms with E-state index in [1.54, 1.807) is 0 Å². The van der Waals surface area contributed by atoms with Crippen LogP contribution in [0.3, 0.4) is 0 Å². The molecule has 2 N–H and O–H groups in total. The fraction of sp³-hybridized carbons (Fsp3) is 0.562. The van der Waals surface area contributed by atoms with Gasteiger partial charge in [0.15, 0.2) is 0 Å². The molecular formula is C16H24N2O.